The fourth-order valence-electron chi connectivity index (χ4n) is 3.25. The van der Waals surface area contributed by atoms with Crippen LogP contribution in [0.3, 0.4) is 0 Å². The molecule has 0 bridgehead atoms. The molecule has 3 atom stereocenters. The van der Waals surface area contributed by atoms with Crippen LogP contribution in [0.4, 0.5) is 4.79 Å². The SMILES string of the molecule is COc1ccc([C@@H]2CC(C)[C@H]3COC(=O)N3C2=O)cc1OC. The third-order valence-electron chi connectivity index (χ3n) is 4.52. The minimum atomic E-state index is -0.535. The van der Waals surface area contributed by atoms with Crippen LogP contribution in [-0.2, 0) is 9.53 Å². The number of amides is 2. The van der Waals surface area contributed by atoms with Crippen molar-refractivity contribution < 1.29 is 23.8 Å². The van der Waals surface area contributed by atoms with E-state index in [-0.39, 0.29) is 23.8 Å². The number of hydrogen-bond acceptors (Lipinski definition) is 5. The molecule has 1 aromatic rings. The first-order chi connectivity index (χ1) is 10.6. The summed E-state index contributed by atoms with van der Waals surface area (Å²) in [5.41, 5.74) is 0.827. The van der Waals surface area contributed by atoms with Crippen molar-refractivity contribution >= 4 is 12.0 Å². The lowest BCUT2D eigenvalue weighted by molar-refractivity contribution is -0.134. The highest BCUT2D eigenvalue weighted by atomic mass is 16.6. The Kier molecular flexibility index (Phi) is 3.68. The van der Waals surface area contributed by atoms with Crippen molar-refractivity contribution in [3.63, 3.8) is 0 Å². The van der Waals surface area contributed by atoms with Crippen molar-refractivity contribution in [1.82, 2.24) is 4.90 Å². The molecule has 2 saturated heterocycles. The Balaban J connectivity index is 1.94. The molecule has 1 unspecified atom stereocenters. The Morgan fingerprint density at radius 2 is 1.91 bits per heavy atom. The van der Waals surface area contributed by atoms with Gasteiger partial charge in [0.2, 0.25) is 5.91 Å². The third-order valence-corrected chi connectivity index (χ3v) is 4.52. The number of hydrogen-bond donors (Lipinski definition) is 0. The Bertz CT molecular complexity index is 615. The molecule has 22 heavy (non-hydrogen) atoms. The second-order valence-corrected chi connectivity index (χ2v) is 5.73. The van der Waals surface area contributed by atoms with E-state index >= 15 is 0 Å². The molecule has 3 rings (SSSR count). The number of carbonyl (C=O) groups is 2. The second-order valence-electron chi connectivity index (χ2n) is 5.73. The largest absolute Gasteiger partial charge is 0.493 e. The number of carbonyl (C=O) groups excluding carboxylic acids is 2. The number of benzene rings is 1. The second kappa shape index (κ2) is 5.51. The fourth-order valence-corrected chi connectivity index (χ4v) is 3.25. The normalized spacial score (nSPS) is 27.4. The van der Waals surface area contributed by atoms with Crippen LogP contribution in [0.15, 0.2) is 18.2 Å². The first-order valence-corrected chi connectivity index (χ1v) is 7.28. The van der Waals surface area contributed by atoms with Crippen molar-refractivity contribution in [3.8, 4) is 11.5 Å². The first kappa shape index (κ1) is 14.7. The van der Waals surface area contributed by atoms with Crippen LogP contribution >= 0.6 is 0 Å². The van der Waals surface area contributed by atoms with Crippen molar-refractivity contribution in [2.24, 2.45) is 5.92 Å². The van der Waals surface area contributed by atoms with Gasteiger partial charge in [0.25, 0.3) is 0 Å². The predicted octanol–water partition coefficient (Wildman–Crippen LogP) is 2.17. The van der Waals surface area contributed by atoms with E-state index in [0.717, 1.165) is 5.56 Å². The minimum Gasteiger partial charge on any atom is -0.493 e. The summed E-state index contributed by atoms with van der Waals surface area (Å²) < 4.78 is 15.5. The molecule has 2 amide bonds. The van der Waals surface area contributed by atoms with E-state index in [9.17, 15) is 9.59 Å². The third kappa shape index (κ3) is 2.19. The monoisotopic (exact) mass is 305 g/mol. The van der Waals surface area contributed by atoms with Gasteiger partial charge in [-0.1, -0.05) is 13.0 Å². The van der Waals surface area contributed by atoms with E-state index in [2.05, 4.69) is 0 Å². The van der Waals surface area contributed by atoms with E-state index < -0.39 is 6.09 Å². The van der Waals surface area contributed by atoms with E-state index in [1.165, 1.54) is 4.90 Å². The lowest BCUT2D eigenvalue weighted by Crippen LogP contribution is -2.49. The maximum absolute atomic E-state index is 12.7. The quantitative estimate of drug-likeness (QED) is 0.856. The van der Waals surface area contributed by atoms with Gasteiger partial charge in [-0.2, -0.15) is 0 Å². The van der Waals surface area contributed by atoms with Crippen LogP contribution < -0.4 is 9.47 Å². The van der Waals surface area contributed by atoms with Gasteiger partial charge in [-0.15, -0.1) is 0 Å². The molecule has 2 aliphatic rings. The molecule has 2 fully saturated rings. The molecule has 1 aromatic carbocycles. The Hall–Kier alpha value is -2.24. The average molecular weight is 305 g/mol. The highest BCUT2D eigenvalue weighted by molar-refractivity contribution is 5.98. The Morgan fingerprint density at radius 1 is 1.18 bits per heavy atom. The number of rotatable bonds is 3. The number of ether oxygens (including phenoxy) is 3. The van der Waals surface area contributed by atoms with E-state index in [1.807, 2.05) is 13.0 Å². The van der Waals surface area contributed by atoms with Gasteiger partial charge in [-0.05, 0) is 30.0 Å². The number of fused-ring (bicyclic) bond motifs is 1. The van der Waals surface area contributed by atoms with Crippen molar-refractivity contribution in [2.75, 3.05) is 20.8 Å². The Morgan fingerprint density at radius 3 is 2.59 bits per heavy atom. The summed E-state index contributed by atoms with van der Waals surface area (Å²) in [4.78, 5) is 25.7. The van der Waals surface area contributed by atoms with Gasteiger partial charge in [-0.25, -0.2) is 9.69 Å². The predicted molar refractivity (Wildman–Crippen MR) is 78.1 cm³/mol. The summed E-state index contributed by atoms with van der Waals surface area (Å²) in [5.74, 6) is 0.823. The Labute approximate surface area is 128 Å². The average Bonchev–Trinajstić information content (AvgIpc) is 2.93. The summed E-state index contributed by atoms with van der Waals surface area (Å²) in [5, 5.41) is 0. The molecule has 0 radical (unpaired) electrons. The van der Waals surface area contributed by atoms with E-state index in [1.54, 1.807) is 26.4 Å². The standard InChI is InChI=1S/C16H19NO5/c1-9-6-11(15(18)17-12(9)8-22-16(17)19)10-4-5-13(20-2)14(7-10)21-3/h4-5,7,9,11-12H,6,8H2,1-3H3/t9?,11-,12+/m0/s1. The van der Waals surface area contributed by atoms with Gasteiger partial charge < -0.3 is 14.2 Å². The molecular formula is C16H19NO5. The van der Waals surface area contributed by atoms with Crippen molar-refractivity contribution in [3.05, 3.63) is 23.8 Å². The molecule has 118 valence electrons. The van der Waals surface area contributed by atoms with E-state index in [4.69, 9.17) is 14.2 Å². The van der Waals surface area contributed by atoms with Crippen LogP contribution in [0.5, 0.6) is 11.5 Å². The molecule has 0 aliphatic carbocycles. The lowest BCUT2D eigenvalue weighted by Gasteiger charge is -2.35. The maximum atomic E-state index is 12.7. The summed E-state index contributed by atoms with van der Waals surface area (Å²) in [6, 6.07) is 5.28. The smallest absolute Gasteiger partial charge is 0.417 e. The number of methoxy groups -OCH3 is 2. The number of cyclic esters (lactones) is 1. The summed E-state index contributed by atoms with van der Waals surface area (Å²) in [6.45, 7) is 2.34. The van der Waals surface area contributed by atoms with Crippen LogP contribution in [0.2, 0.25) is 0 Å². The van der Waals surface area contributed by atoms with Gasteiger partial charge in [0.05, 0.1) is 26.2 Å². The summed E-state index contributed by atoms with van der Waals surface area (Å²) >= 11 is 0. The first-order valence-electron chi connectivity index (χ1n) is 7.28. The zero-order valence-electron chi connectivity index (χ0n) is 12.9. The van der Waals surface area contributed by atoms with Crippen LogP contribution in [0, 0.1) is 5.92 Å². The molecule has 6 nitrogen and oxygen atoms in total. The van der Waals surface area contributed by atoms with E-state index in [0.29, 0.717) is 24.5 Å². The molecule has 0 N–H and O–H groups in total. The molecule has 2 aliphatic heterocycles. The fraction of sp³-hybridized carbons (Fsp3) is 0.500. The van der Waals surface area contributed by atoms with Crippen LogP contribution in [0.25, 0.3) is 0 Å². The minimum absolute atomic E-state index is 0.142. The summed E-state index contributed by atoms with van der Waals surface area (Å²) in [7, 11) is 3.12. The number of imide groups is 1. The molecule has 6 heteroatoms. The van der Waals surface area contributed by atoms with Gasteiger partial charge in [0, 0.05) is 0 Å². The number of nitrogens with zero attached hydrogens (tertiary/aromatic N) is 1. The molecule has 0 aromatic heterocycles. The van der Waals surface area contributed by atoms with Crippen molar-refractivity contribution in [2.45, 2.75) is 25.3 Å². The van der Waals surface area contributed by atoms with Gasteiger partial charge in [0.1, 0.15) is 6.61 Å². The molecule has 2 heterocycles. The van der Waals surface area contributed by atoms with Crippen LogP contribution in [-0.4, -0.2) is 43.8 Å². The lowest BCUT2D eigenvalue weighted by atomic mass is 9.81. The molecular weight excluding hydrogens is 286 g/mol. The highest BCUT2D eigenvalue weighted by Crippen LogP contribution is 2.40. The van der Waals surface area contributed by atoms with Gasteiger partial charge in [0.15, 0.2) is 11.5 Å². The summed E-state index contributed by atoms with van der Waals surface area (Å²) in [6.07, 6.45) is 0.151. The van der Waals surface area contributed by atoms with Crippen molar-refractivity contribution in [1.29, 1.82) is 0 Å². The topological polar surface area (TPSA) is 65.1 Å². The molecule has 0 spiro atoms. The highest BCUT2D eigenvalue weighted by Gasteiger charge is 2.48. The molecule has 0 saturated carbocycles. The zero-order valence-corrected chi connectivity index (χ0v) is 12.9. The van der Waals surface area contributed by atoms with Gasteiger partial charge in [-0.3, -0.25) is 4.79 Å². The van der Waals surface area contributed by atoms with Gasteiger partial charge >= 0.3 is 6.09 Å². The number of piperidine rings is 1. The maximum Gasteiger partial charge on any atom is 0.417 e. The van der Waals surface area contributed by atoms with Crippen LogP contribution in [0.1, 0.15) is 24.8 Å². The zero-order chi connectivity index (χ0) is 15.9.